The molecular formula is C25H26F4O3. The van der Waals surface area contributed by atoms with Crippen LogP contribution in [-0.4, -0.2) is 19.5 Å². The predicted molar refractivity (Wildman–Crippen MR) is 110 cm³/mol. The van der Waals surface area contributed by atoms with Gasteiger partial charge >= 0.3 is 0 Å². The highest BCUT2D eigenvalue weighted by atomic mass is 19.2. The van der Waals surface area contributed by atoms with E-state index in [1.54, 1.807) is 6.07 Å². The van der Waals surface area contributed by atoms with Crippen LogP contribution in [0.5, 0.6) is 5.75 Å². The van der Waals surface area contributed by atoms with Gasteiger partial charge in [0, 0.05) is 23.0 Å². The Labute approximate surface area is 184 Å². The fraction of sp³-hybridized carbons (Fsp3) is 0.520. The lowest BCUT2D eigenvalue weighted by Crippen LogP contribution is -2.47. The van der Waals surface area contributed by atoms with Crippen LogP contribution in [0.4, 0.5) is 17.6 Å². The minimum atomic E-state index is -1.57. The van der Waals surface area contributed by atoms with Gasteiger partial charge in [0.15, 0.2) is 35.3 Å². The van der Waals surface area contributed by atoms with Crippen molar-refractivity contribution >= 4 is 0 Å². The van der Waals surface area contributed by atoms with E-state index in [1.807, 2.05) is 0 Å². The van der Waals surface area contributed by atoms with E-state index in [0.29, 0.717) is 5.92 Å². The first-order valence-corrected chi connectivity index (χ1v) is 11.3. The molecule has 0 atom stereocenters. The number of halogens is 4. The molecule has 3 nitrogen and oxygen atoms in total. The lowest BCUT2D eigenvalue weighted by Gasteiger charge is -2.49. The van der Waals surface area contributed by atoms with Gasteiger partial charge < -0.3 is 14.2 Å². The van der Waals surface area contributed by atoms with Gasteiger partial charge in [-0.2, -0.15) is 0 Å². The summed E-state index contributed by atoms with van der Waals surface area (Å²) in [5.41, 5.74) is 0.150. The zero-order valence-electron chi connectivity index (χ0n) is 17.9. The van der Waals surface area contributed by atoms with E-state index in [4.69, 9.17) is 14.2 Å². The van der Waals surface area contributed by atoms with E-state index in [9.17, 15) is 13.2 Å². The molecule has 2 aliphatic heterocycles. The van der Waals surface area contributed by atoms with Crippen molar-refractivity contribution in [2.75, 3.05) is 13.2 Å². The Morgan fingerprint density at radius 3 is 2.22 bits per heavy atom. The van der Waals surface area contributed by atoms with Crippen molar-refractivity contribution in [1.29, 1.82) is 0 Å². The molecule has 172 valence electrons. The van der Waals surface area contributed by atoms with E-state index in [1.165, 1.54) is 6.07 Å². The third-order valence-corrected chi connectivity index (χ3v) is 7.09. The first-order chi connectivity index (χ1) is 15.4. The molecule has 1 spiro atoms. The standard InChI is InChI=1S/C25H26F4O3/c1-2-3-14-12-30-24(31-13-14)15-6-8-25(9-7-15)18-5-4-17(21(28)23(18)32-25)16-10-19(26)22(29)20(27)11-16/h4-5,10-11,14-15,24H,2-3,6-9,12-13H2,1H3. The quantitative estimate of drug-likeness (QED) is 0.394. The molecule has 7 heteroatoms. The number of benzene rings is 2. The Balaban J connectivity index is 1.28. The van der Waals surface area contributed by atoms with Crippen molar-refractivity contribution < 1.29 is 31.8 Å². The zero-order chi connectivity index (χ0) is 22.5. The van der Waals surface area contributed by atoms with E-state index in [-0.39, 0.29) is 29.1 Å². The Morgan fingerprint density at radius 1 is 0.938 bits per heavy atom. The molecule has 0 unspecified atom stereocenters. The van der Waals surface area contributed by atoms with Gasteiger partial charge in [-0.25, -0.2) is 17.6 Å². The van der Waals surface area contributed by atoms with Gasteiger partial charge in [-0.3, -0.25) is 0 Å². The molecule has 32 heavy (non-hydrogen) atoms. The summed E-state index contributed by atoms with van der Waals surface area (Å²) in [4.78, 5) is 0. The van der Waals surface area contributed by atoms with E-state index >= 15 is 4.39 Å². The van der Waals surface area contributed by atoms with Crippen molar-refractivity contribution in [2.24, 2.45) is 11.8 Å². The SMILES string of the molecule is CCCC1COC(C2CCC3(CC2)Oc2c3ccc(-c3cc(F)c(F)c(F)c3)c2F)OC1. The van der Waals surface area contributed by atoms with Crippen LogP contribution >= 0.6 is 0 Å². The number of fused-ring (bicyclic) bond motifs is 2. The van der Waals surface area contributed by atoms with Gasteiger partial charge in [-0.15, -0.1) is 0 Å². The van der Waals surface area contributed by atoms with E-state index < -0.39 is 28.9 Å². The first-order valence-electron chi connectivity index (χ1n) is 11.3. The summed E-state index contributed by atoms with van der Waals surface area (Å²) in [6, 6.07) is 4.81. The zero-order valence-corrected chi connectivity index (χ0v) is 17.9. The average molecular weight is 450 g/mol. The molecule has 5 rings (SSSR count). The van der Waals surface area contributed by atoms with Crippen molar-refractivity contribution in [1.82, 2.24) is 0 Å². The molecule has 2 aromatic rings. The maximum absolute atomic E-state index is 15.1. The number of rotatable bonds is 4. The van der Waals surface area contributed by atoms with Crippen LogP contribution in [-0.2, 0) is 15.1 Å². The fourth-order valence-corrected chi connectivity index (χ4v) is 5.31. The summed E-state index contributed by atoms with van der Waals surface area (Å²) >= 11 is 0. The Morgan fingerprint density at radius 2 is 1.59 bits per heavy atom. The van der Waals surface area contributed by atoms with Crippen LogP contribution < -0.4 is 4.74 Å². The highest BCUT2D eigenvalue weighted by Crippen LogP contribution is 2.56. The second-order valence-corrected chi connectivity index (χ2v) is 9.18. The van der Waals surface area contributed by atoms with Gasteiger partial charge in [0.25, 0.3) is 0 Å². The summed E-state index contributed by atoms with van der Waals surface area (Å²) in [6.07, 6.45) is 5.18. The van der Waals surface area contributed by atoms with Gasteiger partial charge in [0.05, 0.1) is 13.2 Å². The van der Waals surface area contributed by atoms with Gasteiger partial charge in [0.2, 0.25) is 0 Å². The summed E-state index contributed by atoms with van der Waals surface area (Å²) in [6.45, 7) is 3.63. The molecule has 1 saturated heterocycles. The van der Waals surface area contributed by atoms with Crippen LogP contribution in [0, 0.1) is 35.1 Å². The maximum atomic E-state index is 15.1. The maximum Gasteiger partial charge on any atom is 0.194 e. The van der Waals surface area contributed by atoms with Crippen LogP contribution in [0.3, 0.4) is 0 Å². The molecule has 2 heterocycles. The average Bonchev–Trinajstić information content (AvgIpc) is 2.79. The molecule has 0 N–H and O–H groups in total. The molecule has 0 bridgehead atoms. The molecule has 2 fully saturated rings. The second kappa shape index (κ2) is 8.34. The Hall–Kier alpha value is -2.12. The van der Waals surface area contributed by atoms with Crippen LogP contribution in [0.25, 0.3) is 11.1 Å². The predicted octanol–water partition coefficient (Wildman–Crippen LogP) is 6.48. The number of ether oxygens (including phenoxy) is 3. The minimum absolute atomic E-state index is 0.0178. The third-order valence-electron chi connectivity index (χ3n) is 7.09. The molecular weight excluding hydrogens is 424 g/mol. The monoisotopic (exact) mass is 450 g/mol. The highest BCUT2D eigenvalue weighted by molar-refractivity contribution is 5.69. The smallest absolute Gasteiger partial charge is 0.194 e. The van der Waals surface area contributed by atoms with Crippen molar-refractivity contribution in [3.8, 4) is 16.9 Å². The van der Waals surface area contributed by atoms with Gasteiger partial charge in [0.1, 0.15) is 5.60 Å². The highest BCUT2D eigenvalue weighted by Gasteiger charge is 2.50. The van der Waals surface area contributed by atoms with Crippen molar-refractivity contribution in [3.63, 3.8) is 0 Å². The molecule has 0 radical (unpaired) electrons. The summed E-state index contributed by atoms with van der Waals surface area (Å²) < 4.78 is 73.4. The third kappa shape index (κ3) is 3.59. The molecule has 0 aromatic heterocycles. The Bertz CT molecular complexity index is 985. The normalized spacial score (nSPS) is 29.3. The summed E-state index contributed by atoms with van der Waals surface area (Å²) in [5.74, 6) is -4.10. The fourth-order valence-electron chi connectivity index (χ4n) is 5.31. The van der Waals surface area contributed by atoms with Crippen molar-refractivity contribution in [3.05, 3.63) is 53.1 Å². The topological polar surface area (TPSA) is 27.7 Å². The first kappa shape index (κ1) is 21.7. The van der Waals surface area contributed by atoms with Crippen LogP contribution in [0.15, 0.2) is 24.3 Å². The van der Waals surface area contributed by atoms with E-state index in [2.05, 4.69) is 6.92 Å². The molecule has 3 aliphatic rings. The molecule has 2 aromatic carbocycles. The lowest BCUT2D eigenvalue weighted by molar-refractivity contribution is -0.234. The number of hydrogen-bond donors (Lipinski definition) is 0. The molecule has 1 aliphatic carbocycles. The van der Waals surface area contributed by atoms with E-state index in [0.717, 1.165) is 69.4 Å². The summed E-state index contributed by atoms with van der Waals surface area (Å²) in [7, 11) is 0. The van der Waals surface area contributed by atoms with Gasteiger partial charge in [-0.1, -0.05) is 25.5 Å². The Kier molecular flexibility index (Phi) is 5.66. The van der Waals surface area contributed by atoms with Crippen LogP contribution in [0.2, 0.25) is 0 Å². The second-order valence-electron chi connectivity index (χ2n) is 9.18. The van der Waals surface area contributed by atoms with Crippen molar-refractivity contribution in [2.45, 2.75) is 57.3 Å². The lowest BCUT2D eigenvalue weighted by atomic mass is 9.71. The molecule has 0 amide bonds. The largest absolute Gasteiger partial charge is 0.479 e. The molecule has 1 saturated carbocycles. The van der Waals surface area contributed by atoms with Gasteiger partial charge in [-0.05, 0) is 49.8 Å². The number of hydrogen-bond acceptors (Lipinski definition) is 3. The summed E-state index contributed by atoms with van der Waals surface area (Å²) in [5, 5.41) is 0. The van der Waals surface area contributed by atoms with Crippen LogP contribution in [0.1, 0.15) is 51.0 Å². The minimum Gasteiger partial charge on any atom is -0.479 e.